The van der Waals surface area contributed by atoms with Gasteiger partial charge in [0.05, 0.1) is 16.7 Å². The van der Waals surface area contributed by atoms with E-state index < -0.39 is 17.8 Å². The van der Waals surface area contributed by atoms with E-state index in [1.165, 1.54) is 0 Å². The van der Waals surface area contributed by atoms with Gasteiger partial charge in [0.15, 0.2) is 12.4 Å². The second kappa shape index (κ2) is 5.85. The van der Waals surface area contributed by atoms with Crippen molar-refractivity contribution in [3.63, 3.8) is 0 Å². The highest BCUT2D eigenvalue weighted by Gasteiger charge is 2.68. The summed E-state index contributed by atoms with van der Waals surface area (Å²) in [6, 6.07) is 6.39. The van der Waals surface area contributed by atoms with Gasteiger partial charge in [-0.3, -0.25) is 14.4 Å². The summed E-state index contributed by atoms with van der Waals surface area (Å²) in [6.07, 6.45) is 0.647. The van der Waals surface area contributed by atoms with Gasteiger partial charge in [-0.05, 0) is 36.6 Å². The lowest BCUT2D eigenvalue weighted by atomic mass is 9.80. The Morgan fingerprint density at radius 2 is 1.96 bits per heavy atom. The summed E-state index contributed by atoms with van der Waals surface area (Å²) in [5.41, 5.74) is 0.429. The Kier molecular flexibility index (Phi) is 3.92. The predicted octanol–water partition coefficient (Wildman–Crippen LogP) is 2.64. The van der Waals surface area contributed by atoms with Crippen LogP contribution < -0.4 is 0 Å². The molecule has 4 rings (SSSR count). The van der Waals surface area contributed by atoms with E-state index in [1.807, 2.05) is 0 Å². The van der Waals surface area contributed by atoms with Crippen molar-refractivity contribution < 1.29 is 23.9 Å². The highest BCUT2D eigenvalue weighted by Crippen LogP contribution is 2.60. The standard InChI is InChI=1S/C17H14BrClO5/c18-14-9-5-10-13(17(22)24-15(10)14)12(9)16(21)23-6-11(20)7-1-3-8(19)4-2-7/h1-4,9-10,12-15H,5-6H2/t9-,10-,12-,13-,14-,15+/m1/s1. The smallest absolute Gasteiger partial charge is 0.310 e. The Balaban J connectivity index is 1.43. The Morgan fingerprint density at radius 1 is 1.25 bits per heavy atom. The summed E-state index contributed by atoms with van der Waals surface area (Å²) in [7, 11) is 0. The first kappa shape index (κ1) is 16.1. The maximum absolute atomic E-state index is 12.5. The van der Waals surface area contributed by atoms with E-state index in [1.54, 1.807) is 24.3 Å². The molecule has 0 spiro atoms. The quantitative estimate of drug-likeness (QED) is 0.431. The molecule has 1 heterocycles. The third-order valence-electron chi connectivity index (χ3n) is 5.31. The lowest BCUT2D eigenvalue weighted by Gasteiger charge is -2.26. The molecular weight excluding hydrogens is 400 g/mol. The van der Waals surface area contributed by atoms with Crippen LogP contribution in [0.15, 0.2) is 24.3 Å². The van der Waals surface area contributed by atoms with E-state index in [2.05, 4.69) is 15.9 Å². The van der Waals surface area contributed by atoms with Gasteiger partial charge in [0.2, 0.25) is 0 Å². The fraction of sp³-hybridized carbons (Fsp3) is 0.471. The molecule has 6 atom stereocenters. The number of carbonyl (C=O) groups excluding carboxylic acids is 3. The van der Waals surface area contributed by atoms with Gasteiger partial charge in [0.25, 0.3) is 0 Å². The number of esters is 2. The minimum atomic E-state index is -0.524. The second-order valence-electron chi connectivity index (χ2n) is 6.50. The van der Waals surface area contributed by atoms with E-state index in [-0.39, 0.29) is 41.1 Å². The molecule has 0 radical (unpaired) electrons. The summed E-state index contributed by atoms with van der Waals surface area (Å²) in [6.45, 7) is -0.341. The second-order valence-corrected chi connectivity index (χ2v) is 7.99. The summed E-state index contributed by atoms with van der Waals surface area (Å²) in [5, 5.41) is 0.531. The molecule has 3 fully saturated rings. The molecule has 3 aliphatic rings. The lowest BCUT2D eigenvalue weighted by Crippen LogP contribution is -2.39. The fourth-order valence-electron chi connectivity index (χ4n) is 4.25. The molecule has 126 valence electrons. The van der Waals surface area contributed by atoms with Crippen LogP contribution >= 0.6 is 27.5 Å². The number of hydrogen-bond acceptors (Lipinski definition) is 5. The van der Waals surface area contributed by atoms with Crippen molar-refractivity contribution >= 4 is 45.3 Å². The van der Waals surface area contributed by atoms with Crippen molar-refractivity contribution in [2.45, 2.75) is 17.4 Å². The van der Waals surface area contributed by atoms with Crippen LogP contribution in [0.2, 0.25) is 5.02 Å². The van der Waals surface area contributed by atoms with Crippen LogP contribution in [0.5, 0.6) is 0 Å². The number of ketones is 1. The van der Waals surface area contributed by atoms with Crippen molar-refractivity contribution in [3.05, 3.63) is 34.9 Å². The minimum Gasteiger partial charge on any atom is -0.461 e. The number of alkyl halides is 1. The SMILES string of the molecule is O=C(COC(=O)[C@@H]1[C@H]2C[C@H]3[C@H](OC(=O)[C@H]31)[C@@H]2Br)c1ccc(Cl)cc1. The zero-order valence-electron chi connectivity index (χ0n) is 12.5. The molecule has 2 saturated carbocycles. The number of hydrogen-bond donors (Lipinski definition) is 0. The van der Waals surface area contributed by atoms with Crippen molar-refractivity contribution in [3.8, 4) is 0 Å². The van der Waals surface area contributed by atoms with Crippen molar-refractivity contribution in [1.82, 2.24) is 0 Å². The molecule has 0 N–H and O–H groups in total. The molecular formula is C17H14BrClO5. The minimum absolute atomic E-state index is 0.0188. The molecule has 24 heavy (non-hydrogen) atoms. The molecule has 7 heteroatoms. The number of ether oxygens (including phenoxy) is 2. The van der Waals surface area contributed by atoms with Gasteiger partial charge in [-0.25, -0.2) is 0 Å². The van der Waals surface area contributed by atoms with Crippen LogP contribution in [-0.2, 0) is 19.1 Å². The molecule has 2 aliphatic carbocycles. The number of fused-ring (bicyclic) bond motifs is 1. The number of Topliss-reactive ketones (excluding diaryl/α,β-unsaturated/α-hetero) is 1. The molecule has 1 aromatic rings. The lowest BCUT2D eigenvalue weighted by molar-refractivity contribution is -0.154. The van der Waals surface area contributed by atoms with E-state index in [9.17, 15) is 14.4 Å². The number of benzene rings is 1. The number of rotatable bonds is 4. The van der Waals surface area contributed by atoms with Gasteiger partial charge in [0.1, 0.15) is 6.10 Å². The number of carbonyl (C=O) groups is 3. The first-order chi connectivity index (χ1) is 11.5. The molecule has 2 bridgehead atoms. The highest BCUT2D eigenvalue weighted by atomic mass is 79.9. The van der Waals surface area contributed by atoms with Gasteiger partial charge in [-0.15, -0.1) is 0 Å². The van der Waals surface area contributed by atoms with Gasteiger partial charge < -0.3 is 9.47 Å². The van der Waals surface area contributed by atoms with Gasteiger partial charge >= 0.3 is 11.9 Å². The van der Waals surface area contributed by atoms with Crippen molar-refractivity contribution in [2.75, 3.05) is 6.61 Å². The van der Waals surface area contributed by atoms with Crippen LogP contribution in [0.4, 0.5) is 0 Å². The Labute approximate surface area is 151 Å². The number of halogens is 2. The Morgan fingerprint density at radius 3 is 2.67 bits per heavy atom. The average molecular weight is 414 g/mol. The van der Waals surface area contributed by atoms with E-state index in [4.69, 9.17) is 21.1 Å². The normalized spacial score (nSPS) is 35.8. The first-order valence-electron chi connectivity index (χ1n) is 7.77. The molecule has 1 saturated heterocycles. The monoisotopic (exact) mass is 412 g/mol. The molecule has 0 amide bonds. The van der Waals surface area contributed by atoms with Crippen molar-refractivity contribution in [1.29, 1.82) is 0 Å². The maximum Gasteiger partial charge on any atom is 0.310 e. The third-order valence-corrected chi connectivity index (χ3v) is 6.76. The average Bonchev–Trinajstić information content (AvgIpc) is 3.17. The van der Waals surface area contributed by atoms with Gasteiger partial charge in [-0.2, -0.15) is 0 Å². The van der Waals surface area contributed by atoms with Crippen LogP contribution in [-0.4, -0.2) is 35.3 Å². The molecule has 5 nitrogen and oxygen atoms in total. The van der Waals surface area contributed by atoms with Crippen LogP contribution in [0.25, 0.3) is 0 Å². The molecule has 0 aromatic heterocycles. The predicted molar refractivity (Wildman–Crippen MR) is 87.9 cm³/mol. The van der Waals surface area contributed by atoms with Crippen LogP contribution in [0, 0.1) is 23.7 Å². The first-order valence-corrected chi connectivity index (χ1v) is 9.06. The van der Waals surface area contributed by atoms with Gasteiger partial charge in [0, 0.05) is 16.5 Å². The zero-order chi connectivity index (χ0) is 17.0. The van der Waals surface area contributed by atoms with Gasteiger partial charge in [-0.1, -0.05) is 27.5 Å². The topological polar surface area (TPSA) is 69.7 Å². The van der Waals surface area contributed by atoms with Crippen LogP contribution in [0.1, 0.15) is 16.8 Å². The molecule has 0 unspecified atom stereocenters. The van der Waals surface area contributed by atoms with E-state index >= 15 is 0 Å². The van der Waals surface area contributed by atoms with E-state index in [0.29, 0.717) is 10.6 Å². The summed E-state index contributed by atoms with van der Waals surface area (Å²) in [4.78, 5) is 36.6. The summed E-state index contributed by atoms with van der Waals surface area (Å²) in [5.74, 6) is -1.95. The van der Waals surface area contributed by atoms with Crippen LogP contribution in [0.3, 0.4) is 0 Å². The maximum atomic E-state index is 12.5. The molecule has 1 aliphatic heterocycles. The zero-order valence-corrected chi connectivity index (χ0v) is 14.8. The summed E-state index contributed by atoms with van der Waals surface area (Å²) < 4.78 is 10.6. The summed E-state index contributed by atoms with van der Waals surface area (Å²) >= 11 is 9.33. The third kappa shape index (κ3) is 2.39. The molecule has 1 aromatic carbocycles. The van der Waals surface area contributed by atoms with Crippen molar-refractivity contribution in [2.24, 2.45) is 23.7 Å². The highest BCUT2D eigenvalue weighted by molar-refractivity contribution is 9.09. The fourth-order valence-corrected chi connectivity index (χ4v) is 5.42. The largest absolute Gasteiger partial charge is 0.461 e. The Hall–Kier alpha value is -1.40. The van der Waals surface area contributed by atoms with E-state index in [0.717, 1.165) is 6.42 Å². The Bertz CT molecular complexity index is 718.